The van der Waals surface area contributed by atoms with Crippen LogP contribution in [0.15, 0.2) is 48.2 Å². The van der Waals surface area contributed by atoms with Crippen molar-refractivity contribution >= 4 is 52.1 Å². The second kappa shape index (κ2) is 8.63. The second-order valence-corrected chi connectivity index (χ2v) is 6.02. The molecule has 0 radical (unpaired) electrons. The van der Waals surface area contributed by atoms with Crippen molar-refractivity contribution in [2.24, 2.45) is 0 Å². The van der Waals surface area contributed by atoms with Gasteiger partial charge in [-0.05, 0) is 36.4 Å². The number of nitrogens with zero attached hydrogens (tertiary/aromatic N) is 1. The Kier molecular flexibility index (Phi) is 6.54. The Bertz CT molecular complexity index is 876. The highest BCUT2D eigenvalue weighted by Gasteiger charge is 2.12. The average Bonchev–Trinajstić information content (AvgIpc) is 2.59. The quantitative estimate of drug-likeness (QED) is 0.544. The van der Waals surface area contributed by atoms with Crippen molar-refractivity contribution in [3.8, 4) is 11.8 Å². The van der Waals surface area contributed by atoms with Crippen LogP contribution in [0.25, 0.3) is 0 Å². The van der Waals surface area contributed by atoms with Gasteiger partial charge in [0.25, 0.3) is 5.91 Å². The molecule has 0 aromatic heterocycles. The van der Waals surface area contributed by atoms with Crippen molar-refractivity contribution in [2.75, 3.05) is 17.7 Å². The molecule has 0 aliphatic heterocycles. The highest BCUT2D eigenvalue weighted by atomic mass is 35.5. The monoisotopic (exact) mass is 395 g/mol. The van der Waals surface area contributed by atoms with Gasteiger partial charge in [-0.3, -0.25) is 4.79 Å². The Morgan fingerprint density at radius 1 is 1.12 bits per heavy atom. The van der Waals surface area contributed by atoms with Gasteiger partial charge in [-0.2, -0.15) is 5.26 Å². The molecule has 2 aromatic rings. The maximum absolute atomic E-state index is 12.2. The zero-order valence-corrected chi connectivity index (χ0v) is 15.2. The molecule has 0 atom stereocenters. The first-order valence-electron chi connectivity index (χ1n) is 6.91. The number of ether oxygens (including phenoxy) is 1. The molecule has 5 nitrogen and oxygen atoms in total. The Morgan fingerprint density at radius 2 is 1.76 bits per heavy atom. The fourth-order valence-corrected chi connectivity index (χ4v) is 2.38. The van der Waals surface area contributed by atoms with Gasteiger partial charge >= 0.3 is 0 Å². The standard InChI is InChI=1S/C17H12Cl3N3O2/c1-25-16-5-3-12(19)7-15(16)22-9-10(8-21)17(24)23-14-6-11(18)2-4-13(14)20/h2-7,9,22H,1H3,(H,23,24)/b10-9-. The number of hydrogen-bond acceptors (Lipinski definition) is 4. The number of halogens is 3. The van der Waals surface area contributed by atoms with E-state index in [1.807, 2.05) is 6.07 Å². The molecule has 0 fully saturated rings. The normalized spacial score (nSPS) is 10.8. The molecular weight excluding hydrogens is 385 g/mol. The molecule has 2 N–H and O–H groups in total. The number of anilines is 2. The summed E-state index contributed by atoms with van der Waals surface area (Å²) in [5, 5.41) is 15.8. The van der Waals surface area contributed by atoms with Gasteiger partial charge in [-0.25, -0.2) is 0 Å². The van der Waals surface area contributed by atoms with Gasteiger partial charge < -0.3 is 15.4 Å². The summed E-state index contributed by atoms with van der Waals surface area (Å²) in [6.45, 7) is 0. The second-order valence-electron chi connectivity index (χ2n) is 4.74. The maximum atomic E-state index is 12.2. The first-order chi connectivity index (χ1) is 11.9. The van der Waals surface area contributed by atoms with Gasteiger partial charge in [-0.1, -0.05) is 34.8 Å². The van der Waals surface area contributed by atoms with Gasteiger partial charge in [0.1, 0.15) is 17.4 Å². The van der Waals surface area contributed by atoms with E-state index >= 15 is 0 Å². The summed E-state index contributed by atoms with van der Waals surface area (Å²) >= 11 is 17.8. The molecule has 1 amide bonds. The number of amides is 1. The van der Waals surface area contributed by atoms with E-state index in [0.717, 1.165) is 0 Å². The van der Waals surface area contributed by atoms with Crippen LogP contribution in [0.4, 0.5) is 11.4 Å². The fraction of sp³-hybridized carbons (Fsp3) is 0.0588. The SMILES string of the molecule is COc1ccc(Cl)cc1N/C=C(/C#N)C(=O)Nc1cc(Cl)ccc1Cl. The fourth-order valence-electron chi connectivity index (χ4n) is 1.87. The van der Waals surface area contributed by atoms with Crippen LogP contribution in [-0.2, 0) is 4.79 Å². The first kappa shape index (κ1) is 18.9. The van der Waals surface area contributed by atoms with E-state index in [2.05, 4.69) is 10.6 Å². The van der Waals surface area contributed by atoms with E-state index in [9.17, 15) is 10.1 Å². The summed E-state index contributed by atoms with van der Waals surface area (Å²) in [7, 11) is 1.50. The predicted molar refractivity (Wildman–Crippen MR) is 100 cm³/mol. The van der Waals surface area contributed by atoms with E-state index in [1.165, 1.54) is 19.4 Å². The van der Waals surface area contributed by atoms with E-state index in [-0.39, 0.29) is 5.57 Å². The molecular formula is C17H12Cl3N3O2. The van der Waals surface area contributed by atoms with Gasteiger partial charge in [0.15, 0.2) is 0 Å². The first-order valence-corrected chi connectivity index (χ1v) is 8.04. The lowest BCUT2D eigenvalue weighted by Gasteiger charge is -2.10. The zero-order chi connectivity index (χ0) is 18.4. The van der Waals surface area contributed by atoms with Crippen LogP contribution in [0.2, 0.25) is 15.1 Å². The summed E-state index contributed by atoms with van der Waals surface area (Å²) in [6, 6.07) is 11.4. The number of hydrogen-bond donors (Lipinski definition) is 2. The number of carbonyl (C=O) groups is 1. The van der Waals surface area contributed by atoms with E-state index in [0.29, 0.717) is 32.2 Å². The summed E-state index contributed by atoms with van der Waals surface area (Å²) < 4.78 is 5.19. The largest absolute Gasteiger partial charge is 0.495 e. The summed E-state index contributed by atoms with van der Waals surface area (Å²) in [5.41, 5.74) is 0.648. The van der Waals surface area contributed by atoms with Crippen LogP contribution in [0.3, 0.4) is 0 Å². The van der Waals surface area contributed by atoms with Crippen LogP contribution < -0.4 is 15.4 Å². The van der Waals surface area contributed by atoms with Crippen molar-refractivity contribution in [1.29, 1.82) is 5.26 Å². The Hall–Kier alpha value is -2.39. The maximum Gasteiger partial charge on any atom is 0.267 e. The van der Waals surface area contributed by atoms with Crippen LogP contribution in [0, 0.1) is 11.3 Å². The molecule has 0 bridgehead atoms. The lowest BCUT2D eigenvalue weighted by atomic mass is 10.2. The van der Waals surface area contributed by atoms with Crippen molar-refractivity contribution in [1.82, 2.24) is 0 Å². The number of methoxy groups -OCH3 is 1. The van der Waals surface area contributed by atoms with E-state index in [4.69, 9.17) is 39.5 Å². The Morgan fingerprint density at radius 3 is 2.40 bits per heavy atom. The molecule has 25 heavy (non-hydrogen) atoms. The van der Waals surface area contributed by atoms with Crippen LogP contribution in [0.1, 0.15) is 0 Å². The van der Waals surface area contributed by atoms with Crippen molar-refractivity contribution < 1.29 is 9.53 Å². The molecule has 128 valence electrons. The van der Waals surface area contributed by atoms with Gasteiger partial charge in [0, 0.05) is 16.2 Å². The molecule has 0 saturated heterocycles. The molecule has 0 spiro atoms. The minimum Gasteiger partial charge on any atom is -0.495 e. The predicted octanol–water partition coefficient (Wildman–Crippen LogP) is 5.11. The highest BCUT2D eigenvalue weighted by Crippen LogP contribution is 2.28. The number of rotatable bonds is 5. The van der Waals surface area contributed by atoms with Crippen LogP contribution >= 0.6 is 34.8 Å². The van der Waals surface area contributed by atoms with Gasteiger partial charge in [0.2, 0.25) is 0 Å². The molecule has 0 aliphatic carbocycles. The number of benzene rings is 2. The minimum absolute atomic E-state index is 0.168. The number of carbonyl (C=O) groups excluding carboxylic acids is 1. The van der Waals surface area contributed by atoms with Gasteiger partial charge in [-0.15, -0.1) is 0 Å². The van der Waals surface area contributed by atoms with Crippen LogP contribution in [0.5, 0.6) is 5.75 Å². The summed E-state index contributed by atoms with van der Waals surface area (Å²) in [4.78, 5) is 12.2. The third kappa shape index (κ3) is 5.04. The smallest absolute Gasteiger partial charge is 0.267 e. The van der Waals surface area contributed by atoms with E-state index < -0.39 is 5.91 Å². The Labute approximate surface area is 159 Å². The molecule has 0 saturated carbocycles. The third-order valence-electron chi connectivity index (χ3n) is 3.08. The van der Waals surface area contributed by atoms with E-state index in [1.54, 1.807) is 30.3 Å². The molecule has 8 heteroatoms. The molecule has 0 unspecified atom stereocenters. The third-order valence-corrected chi connectivity index (χ3v) is 3.87. The average molecular weight is 397 g/mol. The van der Waals surface area contributed by atoms with Crippen molar-refractivity contribution in [3.05, 3.63) is 63.2 Å². The Balaban J connectivity index is 2.20. The highest BCUT2D eigenvalue weighted by molar-refractivity contribution is 6.36. The number of nitrogens with one attached hydrogen (secondary N) is 2. The molecule has 2 aromatic carbocycles. The van der Waals surface area contributed by atoms with Crippen molar-refractivity contribution in [3.63, 3.8) is 0 Å². The lowest BCUT2D eigenvalue weighted by Crippen LogP contribution is -2.15. The number of nitriles is 1. The summed E-state index contributed by atoms with van der Waals surface area (Å²) in [6.07, 6.45) is 1.25. The van der Waals surface area contributed by atoms with Crippen molar-refractivity contribution in [2.45, 2.75) is 0 Å². The molecule has 0 aliphatic rings. The summed E-state index contributed by atoms with van der Waals surface area (Å²) in [5.74, 6) is -0.128. The zero-order valence-electron chi connectivity index (χ0n) is 12.9. The topological polar surface area (TPSA) is 74.1 Å². The van der Waals surface area contributed by atoms with Gasteiger partial charge in [0.05, 0.1) is 23.5 Å². The molecule has 0 heterocycles. The lowest BCUT2D eigenvalue weighted by molar-refractivity contribution is -0.112. The molecule has 2 rings (SSSR count). The minimum atomic E-state index is -0.639. The van der Waals surface area contributed by atoms with Crippen LogP contribution in [-0.4, -0.2) is 13.0 Å².